The number of benzene rings is 1. The summed E-state index contributed by atoms with van der Waals surface area (Å²) in [7, 11) is 2.07. The van der Waals surface area contributed by atoms with E-state index in [0.717, 1.165) is 48.7 Å². The molecule has 6 nitrogen and oxygen atoms in total. The second kappa shape index (κ2) is 5.71. The van der Waals surface area contributed by atoms with Gasteiger partial charge in [0.2, 0.25) is 0 Å². The minimum absolute atomic E-state index is 0.138. The SMILES string of the molecule is Cn1c(CN2CC3CC(C2)c2cccc(=O)n2C3)nc2cc(N)ccc21. The van der Waals surface area contributed by atoms with Crippen LogP contribution in [0.3, 0.4) is 0 Å². The van der Waals surface area contributed by atoms with Crippen molar-refractivity contribution in [2.45, 2.75) is 25.4 Å². The van der Waals surface area contributed by atoms with Gasteiger partial charge in [0, 0.05) is 50.0 Å². The van der Waals surface area contributed by atoms with Crippen molar-refractivity contribution in [1.29, 1.82) is 0 Å². The van der Waals surface area contributed by atoms with Crippen molar-refractivity contribution in [3.8, 4) is 0 Å². The fraction of sp³-hybridized carbons (Fsp3) is 0.400. The van der Waals surface area contributed by atoms with Crippen LogP contribution in [0.5, 0.6) is 0 Å². The van der Waals surface area contributed by atoms with Crippen LogP contribution >= 0.6 is 0 Å². The van der Waals surface area contributed by atoms with Gasteiger partial charge in [-0.1, -0.05) is 6.07 Å². The first kappa shape index (κ1) is 15.6. The van der Waals surface area contributed by atoms with Gasteiger partial charge >= 0.3 is 0 Å². The van der Waals surface area contributed by atoms with Crippen LogP contribution in [-0.4, -0.2) is 32.1 Å². The Bertz CT molecular complexity index is 1050. The van der Waals surface area contributed by atoms with Crippen molar-refractivity contribution in [2.75, 3.05) is 18.8 Å². The van der Waals surface area contributed by atoms with E-state index in [1.807, 2.05) is 28.8 Å². The van der Waals surface area contributed by atoms with E-state index >= 15 is 0 Å². The van der Waals surface area contributed by atoms with E-state index in [9.17, 15) is 4.79 Å². The number of rotatable bonds is 2. The molecule has 6 heteroatoms. The Morgan fingerprint density at radius 1 is 1.19 bits per heavy atom. The molecule has 0 spiro atoms. The van der Waals surface area contributed by atoms with E-state index in [2.05, 4.69) is 22.6 Å². The summed E-state index contributed by atoms with van der Waals surface area (Å²) in [6.07, 6.45) is 1.18. The monoisotopic (exact) mass is 349 g/mol. The van der Waals surface area contributed by atoms with Gasteiger partial charge in [-0.3, -0.25) is 9.69 Å². The van der Waals surface area contributed by atoms with Crippen LogP contribution in [-0.2, 0) is 20.1 Å². The molecule has 0 amide bonds. The van der Waals surface area contributed by atoms with Crippen LogP contribution in [0.4, 0.5) is 5.69 Å². The first-order chi connectivity index (χ1) is 12.6. The van der Waals surface area contributed by atoms with Gasteiger partial charge < -0.3 is 14.9 Å². The van der Waals surface area contributed by atoms with Crippen LogP contribution in [0.2, 0.25) is 0 Å². The summed E-state index contributed by atoms with van der Waals surface area (Å²) in [5.41, 5.74) is 10.0. The maximum Gasteiger partial charge on any atom is 0.250 e. The predicted octanol–water partition coefficient (Wildman–Crippen LogP) is 1.94. The molecule has 2 bridgehead atoms. The molecule has 0 aliphatic carbocycles. The molecule has 26 heavy (non-hydrogen) atoms. The van der Waals surface area contributed by atoms with E-state index in [-0.39, 0.29) is 5.56 Å². The molecular weight excluding hydrogens is 326 g/mol. The van der Waals surface area contributed by atoms with Crippen molar-refractivity contribution >= 4 is 16.7 Å². The molecule has 2 unspecified atom stereocenters. The fourth-order valence-corrected chi connectivity index (χ4v) is 4.73. The van der Waals surface area contributed by atoms with Gasteiger partial charge in [0.05, 0.1) is 17.6 Å². The summed E-state index contributed by atoms with van der Waals surface area (Å²) in [6.45, 7) is 3.66. The van der Waals surface area contributed by atoms with Crippen LogP contribution < -0.4 is 11.3 Å². The predicted molar refractivity (Wildman–Crippen MR) is 102 cm³/mol. The lowest BCUT2D eigenvalue weighted by Crippen LogP contribution is -2.46. The topological polar surface area (TPSA) is 69.1 Å². The molecule has 134 valence electrons. The summed E-state index contributed by atoms with van der Waals surface area (Å²) in [4.78, 5) is 19.5. The molecule has 4 heterocycles. The molecular formula is C20H23N5O. The Morgan fingerprint density at radius 2 is 2.08 bits per heavy atom. The molecule has 2 aliphatic heterocycles. The van der Waals surface area contributed by atoms with Crippen molar-refractivity contribution in [2.24, 2.45) is 13.0 Å². The van der Waals surface area contributed by atoms with Crippen LogP contribution in [0, 0.1) is 5.92 Å². The highest BCUT2D eigenvalue weighted by molar-refractivity contribution is 5.79. The van der Waals surface area contributed by atoms with E-state index < -0.39 is 0 Å². The fourth-order valence-electron chi connectivity index (χ4n) is 4.73. The van der Waals surface area contributed by atoms with Crippen molar-refractivity contribution in [3.05, 3.63) is 58.3 Å². The highest BCUT2D eigenvalue weighted by atomic mass is 16.1. The highest BCUT2D eigenvalue weighted by Gasteiger charge is 2.34. The molecule has 1 aromatic carbocycles. The molecule has 3 aromatic rings. The third-order valence-corrected chi connectivity index (χ3v) is 5.92. The largest absolute Gasteiger partial charge is 0.399 e. The summed E-state index contributed by atoms with van der Waals surface area (Å²) in [5, 5.41) is 0. The molecule has 1 saturated heterocycles. The lowest BCUT2D eigenvalue weighted by Gasteiger charge is -2.42. The summed E-state index contributed by atoms with van der Waals surface area (Å²) in [6, 6.07) is 11.6. The van der Waals surface area contributed by atoms with Gasteiger partial charge in [0.15, 0.2) is 0 Å². The second-order valence-electron chi connectivity index (χ2n) is 7.73. The Balaban J connectivity index is 1.43. The molecule has 2 atom stereocenters. The maximum atomic E-state index is 12.2. The van der Waals surface area contributed by atoms with E-state index in [0.29, 0.717) is 11.8 Å². The van der Waals surface area contributed by atoms with E-state index in [1.165, 1.54) is 12.1 Å². The zero-order valence-electron chi connectivity index (χ0n) is 14.9. The number of pyridine rings is 1. The van der Waals surface area contributed by atoms with Gasteiger partial charge in [-0.15, -0.1) is 0 Å². The van der Waals surface area contributed by atoms with Gasteiger partial charge in [-0.05, 0) is 36.6 Å². The summed E-state index contributed by atoms with van der Waals surface area (Å²) in [5.74, 6) is 2.03. The highest BCUT2D eigenvalue weighted by Crippen LogP contribution is 2.35. The molecule has 1 fully saturated rings. The smallest absolute Gasteiger partial charge is 0.250 e. The van der Waals surface area contributed by atoms with E-state index in [4.69, 9.17) is 10.7 Å². The number of aryl methyl sites for hydroxylation is 1. The van der Waals surface area contributed by atoms with Crippen molar-refractivity contribution in [1.82, 2.24) is 19.0 Å². The number of nitrogens with zero attached hydrogens (tertiary/aromatic N) is 4. The summed E-state index contributed by atoms with van der Waals surface area (Å²) < 4.78 is 4.14. The number of hydrogen-bond donors (Lipinski definition) is 1. The number of likely N-dealkylation sites (tertiary alicyclic amines) is 1. The third kappa shape index (κ3) is 2.44. The lowest BCUT2D eigenvalue weighted by atomic mass is 9.83. The van der Waals surface area contributed by atoms with Gasteiger partial charge in [-0.25, -0.2) is 4.98 Å². The number of nitrogen functional groups attached to an aromatic ring is 1. The number of fused-ring (bicyclic) bond motifs is 5. The first-order valence-electron chi connectivity index (χ1n) is 9.21. The zero-order chi connectivity index (χ0) is 17.8. The van der Waals surface area contributed by atoms with Crippen molar-refractivity contribution < 1.29 is 0 Å². The minimum atomic E-state index is 0.138. The number of aromatic nitrogens is 3. The molecule has 2 aliphatic rings. The summed E-state index contributed by atoms with van der Waals surface area (Å²) >= 11 is 0. The molecule has 0 radical (unpaired) electrons. The normalized spacial score (nSPS) is 22.5. The Kier molecular flexibility index (Phi) is 3.43. The van der Waals surface area contributed by atoms with Crippen molar-refractivity contribution in [3.63, 3.8) is 0 Å². The van der Waals surface area contributed by atoms with E-state index in [1.54, 1.807) is 6.07 Å². The molecule has 2 aromatic heterocycles. The molecule has 0 saturated carbocycles. The number of hydrogen-bond acceptors (Lipinski definition) is 4. The van der Waals surface area contributed by atoms with Gasteiger partial charge in [-0.2, -0.15) is 0 Å². The van der Waals surface area contributed by atoms with Gasteiger partial charge in [0.25, 0.3) is 5.56 Å². The number of piperidine rings is 1. The molecule has 2 N–H and O–H groups in total. The average molecular weight is 349 g/mol. The standard InChI is InChI=1S/C20H23N5O/c1-23-18-6-5-15(21)8-16(18)22-19(23)12-24-9-13-7-14(11-24)17-3-2-4-20(26)25(17)10-13/h2-6,8,13-14H,7,9-12,21H2,1H3. The Labute approximate surface area is 151 Å². The Hall–Kier alpha value is -2.60. The van der Waals surface area contributed by atoms with Crippen LogP contribution in [0.25, 0.3) is 11.0 Å². The quantitative estimate of drug-likeness (QED) is 0.718. The second-order valence-corrected chi connectivity index (χ2v) is 7.73. The van der Waals surface area contributed by atoms with Crippen LogP contribution in [0.15, 0.2) is 41.2 Å². The zero-order valence-corrected chi connectivity index (χ0v) is 14.9. The number of imidazole rings is 1. The lowest BCUT2D eigenvalue weighted by molar-refractivity contribution is 0.111. The average Bonchev–Trinajstić information content (AvgIpc) is 2.91. The van der Waals surface area contributed by atoms with Gasteiger partial charge in [0.1, 0.15) is 5.82 Å². The third-order valence-electron chi connectivity index (χ3n) is 5.92. The first-order valence-corrected chi connectivity index (χ1v) is 9.21. The molecule has 5 rings (SSSR count). The minimum Gasteiger partial charge on any atom is -0.399 e. The number of nitrogens with two attached hydrogens (primary N) is 1. The number of anilines is 1. The maximum absolute atomic E-state index is 12.2. The van der Waals surface area contributed by atoms with Crippen LogP contribution in [0.1, 0.15) is 23.9 Å². The Morgan fingerprint density at radius 3 is 2.96 bits per heavy atom.